The fourth-order valence-electron chi connectivity index (χ4n) is 1.59. The normalized spacial score (nSPS) is 12.8. The zero-order valence-corrected chi connectivity index (χ0v) is 13.6. The second-order valence-electron chi connectivity index (χ2n) is 6.40. The van der Waals surface area contributed by atoms with E-state index in [1.54, 1.807) is 0 Å². The minimum absolute atomic E-state index is 0.509. The smallest absolute Gasteiger partial charge is 0.00773 e. The van der Waals surface area contributed by atoms with Gasteiger partial charge in [0.15, 0.2) is 0 Å². The molecule has 0 aliphatic carbocycles. The van der Waals surface area contributed by atoms with Crippen LogP contribution >= 0.6 is 0 Å². The van der Waals surface area contributed by atoms with Crippen LogP contribution in [0.1, 0.15) is 79.6 Å². The molecule has 0 saturated heterocycles. The summed E-state index contributed by atoms with van der Waals surface area (Å²) < 4.78 is 0. The van der Waals surface area contributed by atoms with Crippen molar-refractivity contribution in [3.8, 4) is 0 Å². The van der Waals surface area contributed by atoms with Gasteiger partial charge in [-0.3, -0.25) is 0 Å². The lowest BCUT2D eigenvalue weighted by atomic mass is 9.79. The lowest BCUT2D eigenvalue weighted by molar-refractivity contribution is 0.242. The van der Waals surface area contributed by atoms with Gasteiger partial charge in [-0.1, -0.05) is 66.7 Å². The molecule has 0 aromatic rings. The van der Waals surface area contributed by atoms with Crippen LogP contribution in [0, 0.1) is 11.3 Å². The molecule has 0 saturated carbocycles. The molecule has 2 nitrogen and oxygen atoms in total. The zero-order chi connectivity index (χ0) is 14.4. The van der Waals surface area contributed by atoms with Crippen molar-refractivity contribution in [3.05, 3.63) is 0 Å². The molecule has 0 aromatic carbocycles. The third-order valence-corrected chi connectivity index (χ3v) is 3.63. The minimum Gasteiger partial charge on any atom is -0.330 e. The van der Waals surface area contributed by atoms with Crippen LogP contribution in [0.5, 0.6) is 0 Å². The van der Waals surface area contributed by atoms with E-state index >= 15 is 0 Å². The first-order chi connectivity index (χ1) is 8.40. The van der Waals surface area contributed by atoms with Gasteiger partial charge < -0.3 is 11.5 Å². The van der Waals surface area contributed by atoms with Crippen molar-refractivity contribution in [3.63, 3.8) is 0 Å². The molecule has 2 heteroatoms. The Morgan fingerprint density at radius 1 is 0.833 bits per heavy atom. The van der Waals surface area contributed by atoms with Crippen molar-refractivity contribution >= 4 is 0 Å². The van der Waals surface area contributed by atoms with E-state index < -0.39 is 0 Å². The summed E-state index contributed by atoms with van der Waals surface area (Å²) in [6.07, 6.45) is 8.90. The maximum absolute atomic E-state index is 5.28. The molecule has 0 spiro atoms. The highest BCUT2D eigenvalue weighted by Crippen LogP contribution is 2.29. The molecule has 0 aliphatic heterocycles. The maximum Gasteiger partial charge on any atom is -0.00773 e. The first-order valence-corrected chi connectivity index (χ1v) is 7.80. The van der Waals surface area contributed by atoms with E-state index in [-0.39, 0.29) is 0 Å². The fraction of sp³-hybridized carbons (Fsp3) is 1.00. The van der Waals surface area contributed by atoms with Crippen LogP contribution in [0.25, 0.3) is 0 Å². The Kier molecular flexibility index (Phi) is 15.0. The van der Waals surface area contributed by atoms with Crippen molar-refractivity contribution in [1.29, 1.82) is 0 Å². The molecule has 4 N–H and O–H groups in total. The molecule has 0 aliphatic rings. The SMILES string of the molecule is CCCCC(C)C(C)(C)C.NCCCCCCN. The Bertz CT molecular complexity index is 144. The Hall–Kier alpha value is -0.0800. The molecule has 0 radical (unpaired) electrons. The molecule has 1 unspecified atom stereocenters. The highest BCUT2D eigenvalue weighted by Gasteiger charge is 2.18. The second kappa shape index (κ2) is 13.4. The zero-order valence-electron chi connectivity index (χ0n) is 13.6. The largest absolute Gasteiger partial charge is 0.330 e. The average molecular weight is 258 g/mol. The summed E-state index contributed by atoms with van der Waals surface area (Å²) in [5.74, 6) is 0.868. The molecular weight excluding hydrogens is 220 g/mol. The minimum atomic E-state index is 0.509. The fourth-order valence-corrected chi connectivity index (χ4v) is 1.59. The van der Waals surface area contributed by atoms with Crippen LogP contribution in [0.15, 0.2) is 0 Å². The van der Waals surface area contributed by atoms with Crippen molar-refractivity contribution in [2.24, 2.45) is 22.8 Å². The standard InChI is InChI=1S/C10H22.C6H16N2/c1-6-7-8-9(2)10(3,4)5;7-5-3-1-2-4-6-8/h9H,6-8H2,1-5H3;1-8H2. The Morgan fingerprint density at radius 3 is 1.56 bits per heavy atom. The number of hydrogen-bond donors (Lipinski definition) is 2. The Morgan fingerprint density at radius 2 is 1.28 bits per heavy atom. The van der Waals surface area contributed by atoms with E-state index in [1.807, 2.05) is 0 Å². The lowest BCUT2D eigenvalue weighted by Crippen LogP contribution is -2.16. The maximum atomic E-state index is 5.28. The second-order valence-corrected chi connectivity index (χ2v) is 6.40. The van der Waals surface area contributed by atoms with Gasteiger partial charge in [0.05, 0.1) is 0 Å². The lowest BCUT2D eigenvalue weighted by Gasteiger charge is -2.26. The average Bonchev–Trinajstić information content (AvgIpc) is 2.31. The number of hydrogen-bond acceptors (Lipinski definition) is 2. The molecule has 1 atom stereocenters. The van der Waals surface area contributed by atoms with Gasteiger partial charge in [-0.05, 0) is 37.3 Å². The molecule has 0 aromatic heterocycles. The van der Waals surface area contributed by atoms with Crippen molar-refractivity contribution < 1.29 is 0 Å². The predicted octanol–water partition coefficient (Wildman–Crippen LogP) is 4.32. The monoisotopic (exact) mass is 258 g/mol. The van der Waals surface area contributed by atoms with E-state index in [4.69, 9.17) is 11.5 Å². The van der Waals surface area contributed by atoms with Crippen LogP contribution in [0.3, 0.4) is 0 Å². The van der Waals surface area contributed by atoms with E-state index in [2.05, 4.69) is 34.6 Å². The van der Waals surface area contributed by atoms with Gasteiger partial charge in [0.25, 0.3) is 0 Å². The predicted molar refractivity (Wildman–Crippen MR) is 84.7 cm³/mol. The Balaban J connectivity index is 0. The van der Waals surface area contributed by atoms with Gasteiger partial charge >= 0.3 is 0 Å². The van der Waals surface area contributed by atoms with E-state index in [0.717, 1.165) is 31.8 Å². The number of unbranched alkanes of at least 4 members (excludes halogenated alkanes) is 4. The van der Waals surface area contributed by atoms with Gasteiger partial charge in [0.2, 0.25) is 0 Å². The molecule has 0 heterocycles. The van der Waals surface area contributed by atoms with Crippen LogP contribution in [-0.4, -0.2) is 13.1 Å². The van der Waals surface area contributed by atoms with Crippen LogP contribution in [-0.2, 0) is 0 Å². The summed E-state index contributed by atoms with van der Waals surface area (Å²) in [5, 5.41) is 0. The van der Waals surface area contributed by atoms with Gasteiger partial charge in [-0.2, -0.15) is 0 Å². The van der Waals surface area contributed by atoms with E-state index in [9.17, 15) is 0 Å². The third kappa shape index (κ3) is 15.9. The highest BCUT2D eigenvalue weighted by molar-refractivity contribution is 4.69. The van der Waals surface area contributed by atoms with Crippen LogP contribution in [0.4, 0.5) is 0 Å². The Labute approximate surface area is 116 Å². The molecule has 0 fully saturated rings. The topological polar surface area (TPSA) is 52.0 Å². The highest BCUT2D eigenvalue weighted by atomic mass is 14.5. The molecular formula is C16H38N2. The van der Waals surface area contributed by atoms with E-state index in [0.29, 0.717) is 5.41 Å². The van der Waals surface area contributed by atoms with Gasteiger partial charge in [0.1, 0.15) is 0 Å². The summed E-state index contributed by atoms with van der Waals surface area (Å²) in [6, 6.07) is 0. The van der Waals surface area contributed by atoms with Crippen molar-refractivity contribution in [2.75, 3.05) is 13.1 Å². The summed E-state index contributed by atoms with van der Waals surface area (Å²) in [7, 11) is 0. The first-order valence-electron chi connectivity index (χ1n) is 7.80. The molecule has 0 rings (SSSR count). The number of rotatable bonds is 8. The number of nitrogens with two attached hydrogens (primary N) is 2. The molecule has 0 amide bonds. The third-order valence-electron chi connectivity index (χ3n) is 3.63. The van der Waals surface area contributed by atoms with Gasteiger partial charge in [-0.25, -0.2) is 0 Å². The summed E-state index contributed by atoms with van der Waals surface area (Å²) in [6.45, 7) is 13.2. The summed E-state index contributed by atoms with van der Waals surface area (Å²) in [4.78, 5) is 0. The molecule has 112 valence electrons. The van der Waals surface area contributed by atoms with Crippen LogP contribution in [0.2, 0.25) is 0 Å². The quantitative estimate of drug-likeness (QED) is 0.637. The van der Waals surface area contributed by atoms with E-state index in [1.165, 1.54) is 32.1 Å². The van der Waals surface area contributed by atoms with Crippen LogP contribution < -0.4 is 11.5 Å². The summed E-state index contributed by atoms with van der Waals surface area (Å²) in [5.41, 5.74) is 11.1. The van der Waals surface area contributed by atoms with Gasteiger partial charge in [-0.15, -0.1) is 0 Å². The van der Waals surface area contributed by atoms with Gasteiger partial charge in [0, 0.05) is 0 Å². The molecule has 0 bridgehead atoms. The summed E-state index contributed by atoms with van der Waals surface area (Å²) >= 11 is 0. The van der Waals surface area contributed by atoms with Crippen molar-refractivity contribution in [1.82, 2.24) is 0 Å². The molecule has 18 heavy (non-hydrogen) atoms. The van der Waals surface area contributed by atoms with Crippen molar-refractivity contribution in [2.45, 2.75) is 79.6 Å². The first kappa shape index (κ1) is 20.2.